The summed E-state index contributed by atoms with van der Waals surface area (Å²) in [5.41, 5.74) is -1.36. The molecule has 0 spiro atoms. The molecule has 0 aromatic rings. The van der Waals surface area contributed by atoms with Gasteiger partial charge in [-0.3, -0.25) is 0 Å². The fourth-order valence-electron chi connectivity index (χ4n) is 0.345. The molecule has 64 valence electrons. The monoisotopic (exact) mass is 169 g/mol. The number of hydrogen-bond acceptors (Lipinski definition) is 1. The van der Waals surface area contributed by atoms with E-state index in [9.17, 15) is 13.2 Å². The van der Waals surface area contributed by atoms with Crippen LogP contribution in [0, 0.1) is 0 Å². The highest BCUT2D eigenvalue weighted by molar-refractivity contribution is 5.89. The maximum absolute atomic E-state index is 11.7. The molecule has 0 saturated carbocycles. The van der Waals surface area contributed by atoms with Gasteiger partial charge >= 0.3 is 12.1 Å². The van der Waals surface area contributed by atoms with Crippen LogP contribution in [-0.4, -0.2) is 23.5 Å². The highest BCUT2D eigenvalue weighted by Crippen LogP contribution is 2.24. The van der Waals surface area contributed by atoms with E-state index >= 15 is 0 Å². The van der Waals surface area contributed by atoms with Gasteiger partial charge < -0.3 is 9.53 Å². The lowest BCUT2D eigenvalue weighted by Gasteiger charge is -2.02. The summed E-state index contributed by atoms with van der Waals surface area (Å²) in [6.45, 7) is 4.04. The molecule has 2 nitrogen and oxygen atoms in total. The fraction of sp³-hybridized carbons (Fsp3) is 0.500. The Morgan fingerprint density at radius 3 is 2.27 bits per heavy atom. The van der Waals surface area contributed by atoms with E-state index < -0.39 is 17.7 Å². The van der Waals surface area contributed by atoms with Crippen LogP contribution < -0.4 is 0 Å². The zero-order valence-corrected chi connectivity index (χ0v) is 5.90. The van der Waals surface area contributed by atoms with Gasteiger partial charge in [-0.05, 0) is 6.92 Å². The van der Waals surface area contributed by atoms with Gasteiger partial charge in [0.1, 0.15) is 0 Å². The van der Waals surface area contributed by atoms with Crippen molar-refractivity contribution in [3.05, 3.63) is 12.2 Å². The second-order valence-electron chi connectivity index (χ2n) is 1.71. The van der Waals surface area contributed by atoms with E-state index in [1.54, 1.807) is 0 Å². The van der Waals surface area contributed by atoms with Crippen LogP contribution in [0.25, 0.3) is 0 Å². The molecule has 0 radical (unpaired) electrons. The number of ether oxygens (including phenoxy) is 1. The molecule has 1 N–H and O–H groups in total. The van der Waals surface area contributed by atoms with Gasteiger partial charge in [-0.15, -0.1) is 0 Å². The van der Waals surface area contributed by atoms with Gasteiger partial charge in [-0.1, -0.05) is 6.58 Å². The number of carbonyl (C=O) groups excluding carboxylic acids is 1. The highest BCUT2D eigenvalue weighted by Gasteiger charge is 2.42. The molecule has 0 saturated heterocycles. The van der Waals surface area contributed by atoms with E-state index in [-0.39, 0.29) is 6.61 Å². The average molecular weight is 169 g/mol. The van der Waals surface area contributed by atoms with E-state index in [1.807, 2.05) is 0 Å². The molecular formula is C6H8F3O2+. The second kappa shape index (κ2) is 3.41. The molecule has 0 aromatic carbocycles. The molecule has 0 aliphatic carbocycles. The third-order valence-corrected chi connectivity index (χ3v) is 0.881. The average Bonchev–Trinajstić information content (AvgIpc) is 1.85. The standard InChI is InChI=1S/C6H7F3O2/c1-3-11-5(10)4(2)6(7,8)9/h2-3H2,1H3/p+1. The van der Waals surface area contributed by atoms with E-state index in [0.29, 0.717) is 0 Å². The topological polar surface area (TPSA) is 30.6 Å². The van der Waals surface area contributed by atoms with Crippen LogP contribution in [0.4, 0.5) is 13.2 Å². The molecule has 11 heavy (non-hydrogen) atoms. The zero-order valence-electron chi connectivity index (χ0n) is 5.90. The van der Waals surface area contributed by atoms with Gasteiger partial charge in [0.2, 0.25) is 0 Å². The fourth-order valence-corrected chi connectivity index (χ4v) is 0.345. The summed E-state index contributed by atoms with van der Waals surface area (Å²) in [6, 6.07) is 0. The first-order valence-electron chi connectivity index (χ1n) is 2.84. The molecule has 5 heteroatoms. The van der Waals surface area contributed by atoms with Crippen LogP contribution in [0.5, 0.6) is 0 Å². The lowest BCUT2D eigenvalue weighted by molar-refractivity contribution is -0.0882. The van der Waals surface area contributed by atoms with E-state index in [4.69, 9.17) is 4.79 Å². The summed E-state index contributed by atoms with van der Waals surface area (Å²) < 4.78 is 39.2. The molecule has 0 heterocycles. The van der Waals surface area contributed by atoms with Crippen LogP contribution >= 0.6 is 0 Å². The van der Waals surface area contributed by atoms with Crippen LogP contribution in [0.3, 0.4) is 0 Å². The molecule has 0 rings (SSSR count). The first-order chi connectivity index (χ1) is 4.89. The smallest absolute Gasteiger partial charge is 0.335 e. The lowest BCUT2D eigenvalue weighted by atomic mass is 10.3. The van der Waals surface area contributed by atoms with Crippen molar-refractivity contribution >= 4 is 5.97 Å². The minimum atomic E-state index is -4.63. The minimum Gasteiger partial charge on any atom is -0.335 e. The number of hydrogen-bond donors (Lipinski definition) is 0. The summed E-state index contributed by atoms with van der Waals surface area (Å²) in [7, 11) is 0. The van der Waals surface area contributed by atoms with E-state index in [2.05, 4.69) is 11.3 Å². The van der Waals surface area contributed by atoms with Crippen LogP contribution in [0.2, 0.25) is 0 Å². The molecule has 0 bridgehead atoms. The Kier molecular flexibility index (Phi) is 3.10. The maximum Gasteiger partial charge on any atom is 0.522 e. The minimum absolute atomic E-state index is 0.0269. The van der Waals surface area contributed by atoms with Crippen molar-refractivity contribution in [3.63, 3.8) is 0 Å². The molecule has 0 aliphatic heterocycles. The van der Waals surface area contributed by atoms with E-state index in [0.717, 1.165) is 0 Å². The lowest BCUT2D eigenvalue weighted by Crippen LogP contribution is -2.21. The predicted molar refractivity (Wildman–Crippen MR) is 33.8 cm³/mol. The Bertz CT molecular complexity index is 171. The zero-order chi connectivity index (χ0) is 9.07. The Labute approximate surface area is 61.6 Å². The van der Waals surface area contributed by atoms with Crippen molar-refractivity contribution in [2.75, 3.05) is 6.61 Å². The van der Waals surface area contributed by atoms with Crippen LogP contribution in [0.15, 0.2) is 12.2 Å². The van der Waals surface area contributed by atoms with Gasteiger partial charge in [0, 0.05) is 0 Å². The van der Waals surface area contributed by atoms with Gasteiger partial charge in [-0.2, -0.15) is 13.2 Å². The summed E-state index contributed by atoms with van der Waals surface area (Å²) in [4.78, 5) is 8.53. The largest absolute Gasteiger partial charge is 0.522 e. The summed E-state index contributed by atoms with van der Waals surface area (Å²) in [5.74, 6) is -1.17. The van der Waals surface area contributed by atoms with Crippen molar-refractivity contribution < 1.29 is 22.7 Å². The number of alkyl halides is 3. The van der Waals surface area contributed by atoms with Gasteiger partial charge in [0.25, 0.3) is 0 Å². The van der Waals surface area contributed by atoms with Crippen LogP contribution in [-0.2, 0) is 4.74 Å². The van der Waals surface area contributed by atoms with Gasteiger partial charge in [-0.25, -0.2) is 0 Å². The van der Waals surface area contributed by atoms with Gasteiger partial charge in [0.05, 0.1) is 0 Å². The summed E-state index contributed by atoms with van der Waals surface area (Å²) in [5, 5.41) is 0. The third kappa shape index (κ3) is 3.06. The normalized spacial score (nSPS) is 10.9. The SMILES string of the molecule is C=C(C(=[OH+])OCC)C(F)(F)F. The number of esters is 1. The summed E-state index contributed by atoms with van der Waals surface area (Å²) >= 11 is 0. The molecule has 0 unspecified atom stereocenters. The Balaban J connectivity index is 4.15. The summed E-state index contributed by atoms with van der Waals surface area (Å²) in [6.07, 6.45) is -4.63. The molecule has 0 aliphatic rings. The van der Waals surface area contributed by atoms with E-state index in [1.165, 1.54) is 6.92 Å². The molecule has 0 amide bonds. The first kappa shape index (κ1) is 10.0. The third-order valence-electron chi connectivity index (χ3n) is 0.881. The Hall–Kier alpha value is -1.00. The molecule has 0 atom stereocenters. The maximum atomic E-state index is 11.7. The number of rotatable bonds is 2. The van der Waals surface area contributed by atoms with Gasteiger partial charge in [0.15, 0.2) is 12.2 Å². The number of halogens is 3. The predicted octanol–water partition coefficient (Wildman–Crippen LogP) is 1.64. The second-order valence-corrected chi connectivity index (χ2v) is 1.71. The molecule has 0 fully saturated rings. The Morgan fingerprint density at radius 1 is 1.55 bits per heavy atom. The van der Waals surface area contributed by atoms with Crippen LogP contribution in [0.1, 0.15) is 6.92 Å². The first-order valence-corrected chi connectivity index (χ1v) is 2.84. The molecule has 0 aromatic heterocycles. The van der Waals surface area contributed by atoms with Crippen molar-refractivity contribution in [3.8, 4) is 0 Å². The van der Waals surface area contributed by atoms with Crippen molar-refractivity contribution in [1.29, 1.82) is 0 Å². The Morgan fingerprint density at radius 2 is 2.00 bits per heavy atom. The highest BCUT2D eigenvalue weighted by atomic mass is 19.4. The quantitative estimate of drug-likeness (QED) is 0.351. The van der Waals surface area contributed by atoms with Crippen molar-refractivity contribution in [2.24, 2.45) is 0 Å². The molecular weight excluding hydrogens is 161 g/mol. The van der Waals surface area contributed by atoms with Crippen molar-refractivity contribution in [1.82, 2.24) is 0 Å². The van der Waals surface area contributed by atoms with Crippen molar-refractivity contribution in [2.45, 2.75) is 13.1 Å².